The van der Waals surface area contributed by atoms with Crippen LogP contribution in [0.2, 0.25) is 0 Å². The predicted octanol–water partition coefficient (Wildman–Crippen LogP) is 5.56. The van der Waals surface area contributed by atoms with Crippen molar-refractivity contribution in [2.75, 3.05) is 5.75 Å². The Balaban J connectivity index is 1.61. The molecule has 2 aromatic carbocycles. The molecule has 0 spiro atoms. The Hall–Kier alpha value is -3.45. The first-order valence-electron chi connectivity index (χ1n) is 11.2. The van der Waals surface area contributed by atoms with E-state index in [9.17, 15) is 4.79 Å². The van der Waals surface area contributed by atoms with E-state index < -0.39 is 0 Å². The van der Waals surface area contributed by atoms with Crippen molar-refractivity contribution >= 4 is 17.7 Å². The minimum atomic E-state index is -0.305. The number of benzene rings is 2. The van der Waals surface area contributed by atoms with Crippen LogP contribution in [0.4, 0.5) is 0 Å². The predicted molar refractivity (Wildman–Crippen MR) is 137 cm³/mol. The number of thioether (sulfide) groups is 1. The quantitative estimate of drug-likeness (QED) is 0.330. The molecule has 0 saturated heterocycles. The van der Waals surface area contributed by atoms with E-state index in [-0.39, 0.29) is 17.2 Å². The smallest absolute Gasteiger partial charge is 0.233 e. The summed E-state index contributed by atoms with van der Waals surface area (Å²) >= 11 is 1.41. The van der Waals surface area contributed by atoms with Crippen molar-refractivity contribution in [2.24, 2.45) is 0 Å². The average Bonchev–Trinajstić information content (AvgIpc) is 3.26. The highest BCUT2D eigenvalue weighted by Gasteiger charge is 2.27. The van der Waals surface area contributed by atoms with Gasteiger partial charge >= 0.3 is 0 Å². The summed E-state index contributed by atoms with van der Waals surface area (Å²) in [5.41, 5.74) is 3.85. The Morgan fingerprint density at radius 1 is 0.941 bits per heavy atom. The van der Waals surface area contributed by atoms with Crippen LogP contribution in [0.5, 0.6) is 0 Å². The van der Waals surface area contributed by atoms with Gasteiger partial charge in [-0.05, 0) is 57.5 Å². The molecule has 0 radical (unpaired) electrons. The van der Waals surface area contributed by atoms with Gasteiger partial charge in [0.2, 0.25) is 5.91 Å². The molecule has 0 fully saturated rings. The number of pyridine rings is 1. The number of nitrogens with zero attached hydrogens (tertiary/aromatic N) is 5. The van der Waals surface area contributed by atoms with Gasteiger partial charge in [0.15, 0.2) is 11.0 Å². The molecule has 0 aliphatic carbocycles. The van der Waals surface area contributed by atoms with Crippen LogP contribution in [0.25, 0.3) is 17.1 Å². The maximum atomic E-state index is 13.4. The molecule has 0 saturated carbocycles. The first kappa shape index (κ1) is 23.7. The Bertz CT molecular complexity index is 1230. The molecule has 0 aliphatic rings. The summed E-state index contributed by atoms with van der Waals surface area (Å²) in [6.07, 6.45) is 3.48. The van der Waals surface area contributed by atoms with Gasteiger partial charge in [-0.25, -0.2) is 0 Å². The zero-order valence-electron chi connectivity index (χ0n) is 20.0. The molecule has 174 valence electrons. The van der Waals surface area contributed by atoms with E-state index in [0.717, 1.165) is 22.6 Å². The zero-order chi connectivity index (χ0) is 24.1. The third kappa shape index (κ3) is 5.54. The van der Waals surface area contributed by atoms with Crippen molar-refractivity contribution < 1.29 is 4.79 Å². The second-order valence-corrected chi connectivity index (χ2v) is 10.1. The Labute approximate surface area is 205 Å². The number of carbonyl (C=O) groups is 1. The number of hydrogen-bond donors (Lipinski definition) is 0. The molecule has 34 heavy (non-hydrogen) atoms. The number of rotatable bonds is 7. The topological polar surface area (TPSA) is 63.9 Å². The van der Waals surface area contributed by atoms with Crippen LogP contribution >= 0.6 is 11.8 Å². The fourth-order valence-corrected chi connectivity index (χ4v) is 4.48. The van der Waals surface area contributed by atoms with Gasteiger partial charge in [0.1, 0.15) is 0 Å². The van der Waals surface area contributed by atoms with Gasteiger partial charge in [-0.15, -0.1) is 10.2 Å². The van der Waals surface area contributed by atoms with E-state index in [0.29, 0.717) is 11.7 Å². The fraction of sp³-hybridized carbons (Fsp3) is 0.259. The minimum absolute atomic E-state index is 0.0604. The first-order chi connectivity index (χ1) is 16.3. The monoisotopic (exact) mass is 471 g/mol. The number of aromatic nitrogens is 4. The van der Waals surface area contributed by atoms with Gasteiger partial charge in [-0.3, -0.25) is 14.3 Å². The van der Waals surface area contributed by atoms with Crippen LogP contribution in [0.3, 0.4) is 0 Å². The van der Waals surface area contributed by atoms with Crippen LogP contribution in [0, 0.1) is 6.92 Å². The van der Waals surface area contributed by atoms with Crippen molar-refractivity contribution in [3.05, 3.63) is 90.3 Å². The lowest BCUT2D eigenvalue weighted by Gasteiger charge is -2.36. The normalized spacial score (nSPS) is 11.4. The van der Waals surface area contributed by atoms with E-state index in [1.165, 1.54) is 17.3 Å². The lowest BCUT2D eigenvalue weighted by atomic mass is 10.0. The molecule has 0 atom stereocenters. The van der Waals surface area contributed by atoms with Crippen LogP contribution in [0.1, 0.15) is 31.9 Å². The van der Waals surface area contributed by atoms with E-state index >= 15 is 0 Å². The second kappa shape index (κ2) is 10.2. The van der Waals surface area contributed by atoms with Crippen LogP contribution < -0.4 is 0 Å². The van der Waals surface area contributed by atoms with Gasteiger partial charge in [-0.1, -0.05) is 59.8 Å². The van der Waals surface area contributed by atoms with Gasteiger partial charge in [-0.2, -0.15) is 0 Å². The van der Waals surface area contributed by atoms with Crippen LogP contribution in [-0.2, 0) is 11.3 Å². The molecule has 2 aromatic heterocycles. The molecular weight excluding hydrogens is 442 g/mol. The molecule has 6 nitrogen and oxygen atoms in total. The minimum Gasteiger partial charge on any atom is -0.333 e. The molecular formula is C27H29N5OS. The molecule has 0 aliphatic heterocycles. The molecule has 1 amide bonds. The fourth-order valence-electron chi connectivity index (χ4n) is 3.65. The van der Waals surface area contributed by atoms with Gasteiger partial charge in [0, 0.05) is 35.7 Å². The van der Waals surface area contributed by atoms with E-state index in [2.05, 4.69) is 55.0 Å². The molecule has 2 heterocycles. The summed E-state index contributed by atoms with van der Waals surface area (Å²) in [5.74, 6) is 1.05. The van der Waals surface area contributed by atoms with Crippen molar-refractivity contribution in [1.29, 1.82) is 0 Å². The van der Waals surface area contributed by atoms with E-state index in [1.54, 1.807) is 12.4 Å². The first-order valence-corrected chi connectivity index (χ1v) is 12.2. The molecule has 0 N–H and O–H groups in total. The molecule has 0 unspecified atom stereocenters. The van der Waals surface area contributed by atoms with E-state index in [1.807, 2.05) is 64.1 Å². The summed E-state index contributed by atoms with van der Waals surface area (Å²) in [5, 5.41) is 9.60. The van der Waals surface area contributed by atoms with Crippen molar-refractivity contribution in [3.63, 3.8) is 0 Å². The number of hydrogen-bond acceptors (Lipinski definition) is 5. The Morgan fingerprint density at radius 2 is 1.62 bits per heavy atom. The standard InChI is InChI=1S/C27H29N5OS/c1-20-10-12-23(13-11-20)32-25(22-14-16-28-17-15-22)29-30-26(32)34-19-24(33)31(27(2,3)4)18-21-8-6-5-7-9-21/h5-17H,18-19H2,1-4H3. The highest BCUT2D eigenvalue weighted by Crippen LogP contribution is 2.29. The highest BCUT2D eigenvalue weighted by molar-refractivity contribution is 7.99. The Morgan fingerprint density at radius 3 is 2.26 bits per heavy atom. The summed E-state index contributed by atoms with van der Waals surface area (Å²) in [6.45, 7) is 8.82. The number of amides is 1. The molecule has 4 rings (SSSR count). The average molecular weight is 472 g/mol. The third-order valence-corrected chi connectivity index (χ3v) is 6.40. The zero-order valence-corrected chi connectivity index (χ0v) is 20.8. The van der Waals surface area contributed by atoms with Gasteiger partial charge < -0.3 is 4.90 Å². The number of aryl methyl sites for hydroxylation is 1. The SMILES string of the molecule is Cc1ccc(-n2c(SCC(=O)N(Cc3ccccc3)C(C)(C)C)nnc2-c2ccncc2)cc1. The van der Waals surface area contributed by atoms with E-state index in [4.69, 9.17) is 0 Å². The summed E-state index contributed by atoms with van der Waals surface area (Å²) in [7, 11) is 0. The molecule has 7 heteroatoms. The maximum absolute atomic E-state index is 13.4. The van der Waals surface area contributed by atoms with Gasteiger partial charge in [0.05, 0.1) is 5.75 Å². The van der Waals surface area contributed by atoms with Crippen molar-refractivity contribution in [2.45, 2.75) is 44.9 Å². The van der Waals surface area contributed by atoms with Crippen molar-refractivity contribution in [3.8, 4) is 17.1 Å². The van der Waals surface area contributed by atoms with Crippen LogP contribution in [0.15, 0.2) is 84.3 Å². The van der Waals surface area contributed by atoms with Crippen LogP contribution in [-0.4, -0.2) is 41.8 Å². The summed E-state index contributed by atoms with van der Waals surface area (Å²) in [4.78, 5) is 19.4. The largest absolute Gasteiger partial charge is 0.333 e. The summed E-state index contributed by atoms with van der Waals surface area (Å²) in [6, 6.07) is 22.1. The summed E-state index contributed by atoms with van der Waals surface area (Å²) < 4.78 is 2.01. The lowest BCUT2D eigenvalue weighted by molar-refractivity contribution is -0.133. The highest BCUT2D eigenvalue weighted by atomic mass is 32.2. The lowest BCUT2D eigenvalue weighted by Crippen LogP contribution is -2.45. The second-order valence-electron chi connectivity index (χ2n) is 9.14. The molecule has 4 aromatic rings. The Kier molecular flexibility index (Phi) is 7.12. The maximum Gasteiger partial charge on any atom is 0.233 e. The van der Waals surface area contributed by atoms with Gasteiger partial charge in [0.25, 0.3) is 0 Å². The van der Waals surface area contributed by atoms with Crippen molar-refractivity contribution in [1.82, 2.24) is 24.6 Å². The molecule has 0 bridgehead atoms. The number of carbonyl (C=O) groups excluding carboxylic acids is 1. The third-order valence-electron chi connectivity index (χ3n) is 5.48.